The number of amides is 9. The van der Waals surface area contributed by atoms with Gasteiger partial charge >= 0.3 is 18.0 Å². The Morgan fingerprint density at radius 3 is 2.10 bits per heavy atom. The summed E-state index contributed by atoms with van der Waals surface area (Å²) >= 11 is 0. The van der Waals surface area contributed by atoms with Crippen LogP contribution >= 0.6 is 0 Å². The largest absolute Gasteiger partial charge is 0.785 e. The van der Waals surface area contributed by atoms with Crippen molar-refractivity contribution in [2.45, 2.75) is 58.0 Å². The summed E-state index contributed by atoms with van der Waals surface area (Å²) < 4.78 is 32.9. The fraction of sp³-hybridized carbons (Fsp3) is 0.485. The number of rotatable bonds is 39. The summed E-state index contributed by atoms with van der Waals surface area (Å²) in [5.41, 5.74) is 8.28. The number of furan rings is 1. The molecule has 4 aromatic carbocycles. The van der Waals surface area contributed by atoms with E-state index >= 15 is 0 Å². The number of benzene rings is 4. The second kappa shape index (κ2) is 37.1. The van der Waals surface area contributed by atoms with Crippen LogP contribution in [0.1, 0.15) is 66.0 Å². The number of carbonyl (C=O) groups is 8. The first kappa shape index (κ1) is 73.3. The highest BCUT2D eigenvalue weighted by Gasteiger charge is 2.33. The molecular weight excluding hydrogens is 1250 g/mol. The van der Waals surface area contributed by atoms with Crippen molar-refractivity contribution in [3.05, 3.63) is 124 Å². The monoisotopic (exact) mass is 1330 g/mol. The van der Waals surface area contributed by atoms with Gasteiger partial charge in [0.05, 0.1) is 71.1 Å². The molecule has 0 radical (unpaired) electrons. The second-order valence-corrected chi connectivity index (χ2v) is 23.6. The van der Waals surface area contributed by atoms with Crippen LogP contribution in [0.25, 0.3) is 21.7 Å². The predicted octanol–water partition coefficient (Wildman–Crippen LogP) is 3.90. The zero-order valence-corrected chi connectivity index (χ0v) is 54.2. The highest BCUT2D eigenvalue weighted by atomic mass is 16.6. The smallest absolute Gasteiger partial charge is 0.415 e. The number of primary amides is 1. The third kappa shape index (κ3) is 22.0. The van der Waals surface area contributed by atoms with Gasteiger partial charge in [-0.05, 0) is 104 Å². The molecule has 520 valence electrons. The minimum Gasteiger partial charge on any atom is -0.785 e. The van der Waals surface area contributed by atoms with Gasteiger partial charge in [0.1, 0.15) is 23.9 Å². The maximum absolute atomic E-state index is 14.2. The number of urea groups is 1. The summed E-state index contributed by atoms with van der Waals surface area (Å²) in [6, 6.07) is 19.5. The SMILES string of the molecule is CC(C)[C@H](NCCN([O-])CCNC(=O)CCOCCOCCOCCOCCN([O-])CCC[N+]1([O-])CC=CC1=O)C(=O)NC(CCCNC(N)=O)C(=O)Nc1ccc(C(=O)Nc2ccc3oc(C(=O)N4CCc5c4cc(OC(=O)N4CCNCC4)c4ccccc54)cc3c2)cc1. The molecule has 30 nitrogen and oxygen atoms in total. The van der Waals surface area contributed by atoms with Crippen LogP contribution < -0.4 is 52.6 Å². The molecule has 30 heteroatoms. The molecule has 0 saturated carbocycles. The van der Waals surface area contributed by atoms with E-state index < -0.39 is 52.5 Å². The Hall–Kier alpha value is -8.50. The van der Waals surface area contributed by atoms with Crippen LogP contribution in [0.5, 0.6) is 5.75 Å². The first-order valence-corrected chi connectivity index (χ1v) is 32.4. The Balaban J connectivity index is 0.708. The van der Waals surface area contributed by atoms with E-state index in [1.54, 1.807) is 46.2 Å². The fourth-order valence-electron chi connectivity index (χ4n) is 11.0. The molecule has 1 saturated heterocycles. The number of hydroxylamine groups is 7. The number of quaternary nitrogens is 1. The number of carbonyl (C=O) groups excluding carboxylic acids is 8. The van der Waals surface area contributed by atoms with Crippen LogP contribution in [0.15, 0.2) is 95.4 Å². The van der Waals surface area contributed by atoms with Crippen molar-refractivity contribution in [3.8, 4) is 5.75 Å². The van der Waals surface area contributed by atoms with E-state index in [1.165, 1.54) is 30.3 Å². The number of piperazine rings is 1. The Morgan fingerprint density at radius 1 is 0.729 bits per heavy atom. The minimum atomic E-state index is -1.07. The first-order chi connectivity index (χ1) is 46.3. The summed E-state index contributed by atoms with van der Waals surface area (Å²) in [4.78, 5) is 107. The third-order valence-electron chi connectivity index (χ3n) is 16.2. The van der Waals surface area contributed by atoms with Gasteiger partial charge < -0.3 is 107 Å². The number of hydrogen-bond acceptors (Lipinski definition) is 21. The lowest BCUT2D eigenvalue weighted by atomic mass is 10.0. The third-order valence-corrected chi connectivity index (χ3v) is 16.2. The summed E-state index contributed by atoms with van der Waals surface area (Å²) in [5.74, 6) is -2.52. The van der Waals surface area contributed by atoms with Crippen LogP contribution in [-0.4, -0.2) is 224 Å². The lowest BCUT2D eigenvalue weighted by Gasteiger charge is -2.36. The van der Waals surface area contributed by atoms with Gasteiger partial charge in [-0.1, -0.05) is 38.1 Å². The molecule has 9 N–H and O–H groups in total. The molecule has 0 spiro atoms. The van der Waals surface area contributed by atoms with Crippen molar-refractivity contribution in [2.24, 2.45) is 11.7 Å². The lowest BCUT2D eigenvalue weighted by Crippen LogP contribution is -2.54. The zero-order valence-electron chi connectivity index (χ0n) is 54.2. The number of nitrogens with two attached hydrogens (primary N) is 1. The normalized spacial score (nSPS) is 15.9. The Bertz CT molecular complexity index is 3470. The standard InChI is InChI=1S/C66H87N13O17/c1-45(2)60(70-24-30-77(89)29-23-69-58(80)19-34-91-36-38-93-40-41-94-39-37-92-35-31-76(88)25-7-33-79(90)32-6-11-59(79)81)63(84)74-53(10-5-20-71-65(67)86)62(83)72-48-14-12-46(13-15-48)61(82)73-49-16-17-55-47(42-49)43-57(95-55)64(85)78-26-18-51-50-8-3-4-9-52(50)56(44-54(51)78)96-66(87)75-27-21-68-22-28-75/h3-4,6,8-9,11-17,42-45,53,60,68,70H,5,7,10,18-41H2,1-2H3,(H,69,80)(H,72,83)(H,73,82)(H,74,84)(H3,67,71,86)/q-2/t53?,60-,79?/m0/s1. The van der Waals surface area contributed by atoms with Gasteiger partial charge in [-0.15, -0.1) is 0 Å². The van der Waals surface area contributed by atoms with Crippen LogP contribution in [0.2, 0.25) is 0 Å². The average Bonchev–Trinajstić information content (AvgIpc) is 1.55. The topological polar surface area (TPSA) is 388 Å². The predicted molar refractivity (Wildman–Crippen MR) is 357 cm³/mol. The number of anilines is 3. The lowest BCUT2D eigenvalue weighted by molar-refractivity contribution is -0.791. The second-order valence-electron chi connectivity index (χ2n) is 23.6. The van der Waals surface area contributed by atoms with Crippen LogP contribution in [0, 0.1) is 21.5 Å². The molecule has 0 bridgehead atoms. The van der Waals surface area contributed by atoms with E-state index in [0.717, 1.165) is 26.5 Å². The Morgan fingerprint density at radius 2 is 1.41 bits per heavy atom. The van der Waals surface area contributed by atoms with Crippen molar-refractivity contribution < 1.29 is 71.1 Å². The molecule has 2 unspecified atom stereocenters. The van der Waals surface area contributed by atoms with E-state index in [2.05, 4.69) is 37.2 Å². The highest BCUT2D eigenvalue weighted by molar-refractivity contribution is 6.11. The number of fused-ring (bicyclic) bond motifs is 4. The molecule has 3 atom stereocenters. The van der Waals surface area contributed by atoms with E-state index in [0.29, 0.717) is 99.2 Å². The molecule has 5 aromatic rings. The van der Waals surface area contributed by atoms with E-state index in [-0.39, 0.29) is 140 Å². The average molecular weight is 1330 g/mol. The summed E-state index contributed by atoms with van der Waals surface area (Å²) in [7, 11) is 0. The molecule has 3 aliphatic rings. The van der Waals surface area contributed by atoms with E-state index in [1.807, 2.05) is 38.1 Å². The quantitative estimate of drug-likeness (QED) is 0.0120. The molecule has 8 rings (SSSR count). The van der Waals surface area contributed by atoms with Gasteiger partial charge in [0, 0.05) is 118 Å². The van der Waals surface area contributed by atoms with Crippen molar-refractivity contribution in [3.63, 3.8) is 0 Å². The molecule has 9 amide bonds. The van der Waals surface area contributed by atoms with Crippen molar-refractivity contribution in [1.29, 1.82) is 0 Å². The number of nitrogens with zero attached hydrogens (tertiary/aromatic N) is 5. The molecular formula is C66H87N13O17-2. The summed E-state index contributed by atoms with van der Waals surface area (Å²) in [5, 5.41) is 60.8. The van der Waals surface area contributed by atoms with Gasteiger partial charge in [-0.2, -0.15) is 0 Å². The fourth-order valence-corrected chi connectivity index (χ4v) is 11.0. The van der Waals surface area contributed by atoms with Gasteiger partial charge in [0.15, 0.2) is 5.76 Å². The Kier molecular flexibility index (Phi) is 28.4. The van der Waals surface area contributed by atoms with Crippen LogP contribution in [-0.2, 0) is 44.5 Å². The van der Waals surface area contributed by atoms with Crippen LogP contribution in [0.4, 0.5) is 26.7 Å². The molecule has 1 fully saturated rings. The maximum Gasteiger partial charge on any atom is 0.415 e. The van der Waals surface area contributed by atoms with Gasteiger partial charge in [-0.3, -0.25) is 28.6 Å². The van der Waals surface area contributed by atoms with Crippen molar-refractivity contribution in [2.75, 3.05) is 160 Å². The number of ether oxygens (including phenoxy) is 5. The minimum absolute atomic E-state index is 0.0124. The molecule has 1 aromatic heterocycles. The summed E-state index contributed by atoms with van der Waals surface area (Å²) in [6.45, 7) is 9.25. The van der Waals surface area contributed by atoms with Crippen LogP contribution in [0.3, 0.4) is 0 Å². The molecule has 0 aliphatic carbocycles. The molecule has 3 aliphatic heterocycles. The first-order valence-electron chi connectivity index (χ1n) is 32.4. The summed E-state index contributed by atoms with van der Waals surface area (Å²) in [6.07, 6.45) is 3.73. The Labute approximate surface area is 556 Å². The number of nitrogens with one attached hydrogen (secondary N) is 7. The van der Waals surface area contributed by atoms with Gasteiger partial charge in [0.2, 0.25) is 17.7 Å². The maximum atomic E-state index is 14.2. The van der Waals surface area contributed by atoms with E-state index in [9.17, 15) is 54.0 Å². The zero-order chi connectivity index (χ0) is 68.4. The number of hydrogen-bond donors (Lipinski definition) is 8. The molecule has 96 heavy (non-hydrogen) atoms. The van der Waals surface area contributed by atoms with Crippen molar-refractivity contribution >= 4 is 86.4 Å². The highest BCUT2D eigenvalue weighted by Crippen LogP contribution is 2.41. The molecule has 4 heterocycles. The van der Waals surface area contributed by atoms with Gasteiger partial charge in [-0.25, -0.2) is 14.4 Å². The van der Waals surface area contributed by atoms with Gasteiger partial charge in [0.25, 0.3) is 11.8 Å². The van der Waals surface area contributed by atoms with Crippen molar-refractivity contribution in [1.82, 2.24) is 41.6 Å². The van der Waals surface area contributed by atoms with E-state index in [4.69, 9.17) is 33.8 Å².